The maximum atomic E-state index is 6.06. The van der Waals surface area contributed by atoms with Gasteiger partial charge in [0.05, 0.1) is 4.90 Å². The topological polar surface area (TPSA) is 35.2 Å². The van der Waals surface area contributed by atoms with Crippen molar-refractivity contribution < 1.29 is 4.74 Å². The van der Waals surface area contributed by atoms with Crippen LogP contribution in [-0.4, -0.2) is 11.5 Å². The Balaban J connectivity index is 2.07. The second-order valence-corrected chi connectivity index (χ2v) is 6.85. The Morgan fingerprint density at radius 3 is 2.75 bits per heavy atom. The molecule has 1 fully saturated rings. The Hall–Kier alpha value is -0.670. The summed E-state index contributed by atoms with van der Waals surface area (Å²) < 4.78 is 6.06. The van der Waals surface area contributed by atoms with Gasteiger partial charge in [0, 0.05) is 17.5 Å². The molecule has 0 aromatic heterocycles. The number of rotatable bonds is 2. The minimum Gasteiger partial charge on any atom is -0.475 e. The summed E-state index contributed by atoms with van der Waals surface area (Å²) in [6.07, 6.45) is 2.41. The zero-order chi connectivity index (χ0) is 11.4. The smallest absolute Gasteiger partial charge is 0.153 e. The van der Waals surface area contributed by atoms with Crippen molar-refractivity contribution in [2.45, 2.75) is 41.9 Å². The molecule has 0 radical (unpaired) electrons. The lowest BCUT2D eigenvalue weighted by molar-refractivity contribution is 0.211. The van der Waals surface area contributed by atoms with Gasteiger partial charge in [0.15, 0.2) is 4.93 Å². The van der Waals surface area contributed by atoms with Crippen LogP contribution in [0.2, 0.25) is 0 Å². The SMILES string of the molecule is CC1(C)Oc2c(cccc2C2(CN)CC2)S1. The van der Waals surface area contributed by atoms with E-state index in [9.17, 15) is 0 Å². The van der Waals surface area contributed by atoms with E-state index in [1.54, 1.807) is 11.8 Å². The summed E-state index contributed by atoms with van der Waals surface area (Å²) in [4.78, 5) is 1.13. The van der Waals surface area contributed by atoms with Gasteiger partial charge in [0.2, 0.25) is 0 Å². The van der Waals surface area contributed by atoms with Gasteiger partial charge in [-0.25, -0.2) is 0 Å². The Bertz CT molecular complexity index is 438. The Labute approximate surface area is 101 Å². The lowest BCUT2D eigenvalue weighted by Crippen LogP contribution is -2.23. The molecule has 0 spiro atoms. The molecular weight excluding hydrogens is 218 g/mol. The van der Waals surface area contributed by atoms with Crippen molar-refractivity contribution in [2.75, 3.05) is 6.54 Å². The van der Waals surface area contributed by atoms with E-state index >= 15 is 0 Å². The fourth-order valence-corrected chi connectivity index (χ4v) is 3.43. The second kappa shape index (κ2) is 3.17. The van der Waals surface area contributed by atoms with Gasteiger partial charge in [-0.2, -0.15) is 0 Å². The molecule has 3 rings (SSSR count). The molecule has 2 nitrogen and oxygen atoms in total. The first-order valence-electron chi connectivity index (χ1n) is 5.78. The number of hydrogen-bond donors (Lipinski definition) is 1. The van der Waals surface area contributed by atoms with E-state index in [1.165, 1.54) is 23.3 Å². The molecule has 0 atom stereocenters. The van der Waals surface area contributed by atoms with Gasteiger partial charge in [-0.1, -0.05) is 23.9 Å². The van der Waals surface area contributed by atoms with Crippen molar-refractivity contribution >= 4 is 11.8 Å². The predicted molar refractivity (Wildman–Crippen MR) is 67.0 cm³/mol. The third-order valence-corrected chi connectivity index (χ3v) is 4.61. The van der Waals surface area contributed by atoms with E-state index in [0.29, 0.717) is 0 Å². The maximum absolute atomic E-state index is 6.06. The molecule has 1 saturated carbocycles. The van der Waals surface area contributed by atoms with E-state index in [-0.39, 0.29) is 10.3 Å². The van der Waals surface area contributed by atoms with Crippen LogP contribution in [0.4, 0.5) is 0 Å². The zero-order valence-corrected chi connectivity index (χ0v) is 10.6. The van der Waals surface area contributed by atoms with Crippen LogP contribution >= 0.6 is 11.8 Å². The van der Waals surface area contributed by atoms with E-state index < -0.39 is 0 Å². The highest BCUT2D eigenvalue weighted by molar-refractivity contribution is 8.00. The summed E-state index contributed by atoms with van der Waals surface area (Å²) in [7, 11) is 0. The molecule has 1 aliphatic heterocycles. The van der Waals surface area contributed by atoms with Crippen molar-refractivity contribution in [3.05, 3.63) is 23.8 Å². The van der Waals surface area contributed by atoms with Gasteiger partial charge in [0.25, 0.3) is 0 Å². The van der Waals surface area contributed by atoms with E-state index in [0.717, 1.165) is 12.3 Å². The van der Waals surface area contributed by atoms with Crippen molar-refractivity contribution in [3.8, 4) is 5.75 Å². The number of para-hydroxylation sites is 1. The molecule has 2 N–H and O–H groups in total. The minimum atomic E-state index is -0.136. The number of fused-ring (bicyclic) bond motifs is 1. The molecule has 2 aliphatic rings. The van der Waals surface area contributed by atoms with E-state index in [4.69, 9.17) is 10.5 Å². The Morgan fingerprint density at radius 1 is 1.38 bits per heavy atom. The monoisotopic (exact) mass is 235 g/mol. The van der Waals surface area contributed by atoms with Gasteiger partial charge in [-0.3, -0.25) is 0 Å². The van der Waals surface area contributed by atoms with Crippen molar-refractivity contribution in [3.63, 3.8) is 0 Å². The highest BCUT2D eigenvalue weighted by atomic mass is 32.2. The molecule has 1 aliphatic carbocycles. The fraction of sp³-hybridized carbons (Fsp3) is 0.538. The second-order valence-electron chi connectivity index (χ2n) is 5.22. The number of hydrogen-bond acceptors (Lipinski definition) is 3. The average Bonchev–Trinajstić information content (AvgIpc) is 2.94. The summed E-state index contributed by atoms with van der Waals surface area (Å²) in [5.74, 6) is 1.08. The number of thioether (sulfide) groups is 1. The molecule has 86 valence electrons. The number of ether oxygens (including phenoxy) is 1. The first kappa shape index (κ1) is 10.5. The van der Waals surface area contributed by atoms with Crippen molar-refractivity contribution in [1.82, 2.24) is 0 Å². The van der Waals surface area contributed by atoms with Gasteiger partial charge in [-0.15, -0.1) is 0 Å². The van der Waals surface area contributed by atoms with Crippen LogP contribution in [0.3, 0.4) is 0 Å². The average molecular weight is 235 g/mol. The predicted octanol–water partition coefficient (Wildman–Crippen LogP) is 2.90. The lowest BCUT2D eigenvalue weighted by Gasteiger charge is -2.20. The van der Waals surface area contributed by atoms with E-state index in [2.05, 4.69) is 32.0 Å². The summed E-state index contributed by atoms with van der Waals surface area (Å²) >= 11 is 1.80. The lowest BCUT2D eigenvalue weighted by atomic mass is 9.95. The van der Waals surface area contributed by atoms with Crippen LogP contribution in [0.1, 0.15) is 32.3 Å². The molecule has 1 aromatic rings. The number of nitrogens with two attached hydrogens (primary N) is 1. The molecule has 1 heterocycles. The summed E-state index contributed by atoms with van der Waals surface area (Å²) in [5.41, 5.74) is 7.44. The molecule has 0 bridgehead atoms. The van der Waals surface area contributed by atoms with Gasteiger partial charge in [-0.05, 0) is 32.8 Å². The van der Waals surface area contributed by atoms with Crippen LogP contribution < -0.4 is 10.5 Å². The molecule has 1 aromatic carbocycles. The summed E-state index contributed by atoms with van der Waals surface area (Å²) in [6.45, 7) is 4.96. The molecule has 0 amide bonds. The van der Waals surface area contributed by atoms with E-state index in [1.807, 2.05) is 0 Å². The zero-order valence-electron chi connectivity index (χ0n) is 9.75. The van der Waals surface area contributed by atoms with Crippen LogP contribution in [0, 0.1) is 0 Å². The molecule has 16 heavy (non-hydrogen) atoms. The highest BCUT2D eigenvalue weighted by Gasteiger charge is 2.47. The van der Waals surface area contributed by atoms with Crippen LogP contribution in [0.15, 0.2) is 23.1 Å². The van der Waals surface area contributed by atoms with Crippen LogP contribution in [0.5, 0.6) is 5.75 Å². The Morgan fingerprint density at radius 2 is 2.12 bits per heavy atom. The standard InChI is InChI=1S/C13H17NOS/c1-12(2)15-11-9(13(8-14)6-7-13)4-3-5-10(11)16-12/h3-5H,6-8,14H2,1-2H3. The third kappa shape index (κ3) is 1.45. The largest absolute Gasteiger partial charge is 0.475 e. The third-order valence-electron chi connectivity index (χ3n) is 3.50. The van der Waals surface area contributed by atoms with Crippen LogP contribution in [-0.2, 0) is 5.41 Å². The first-order chi connectivity index (χ1) is 7.56. The molecular formula is C13H17NOS. The summed E-state index contributed by atoms with van der Waals surface area (Å²) in [5, 5.41) is 0. The maximum Gasteiger partial charge on any atom is 0.153 e. The van der Waals surface area contributed by atoms with Crippen molar-refractivity contribution in [2.24, 2.45) is 5.73 Å². The van der Waals surface area contributed by atoms with Gasteiger partial charge < -0.3 is 10.5 Å². The van der Waals surface area contributed by atoms with Crippen LogP contribution in [0.25, 0.3) is 0 Å². The number of benzene rings is 1. The highest BCUT2D eigenvalue weighted by Crippen LogP contribution is 2.56. The minimum absolute atomic E-state index is 0.136. The van der Waals surface area contributed by atoms with Gasteiger partial charge in [0.1, 0.15) is 5.75 Å². The normalized spacial score (nSPS) is 23.7. The van der Waals surface area contributed by atoms with Crippen molar-refractivity contribution in [1.29, 1.82) is 0 Å². The molecule has 0 saturated heterocycles. The quantitative estimate of drug-likeness (QED) is 0.856. The Kier molecular flexibility index (Phi) is 2.08. The first-order valence-corrected chi connectivity index (χ1v) is 6.60. The molecule has 3 heteroatoms. The van der Waals surface area contributed by atoms with Gasteiger partial charge >= 0.3 is 0 Å². The summed E-state index contributed by atoms with van der Waals surface area (Å²) in [6, 6.07) is 6.45. The molecule has 0 unspecified atom stereocenters. The fourth-order valence-electron chi connectivity index (χ4n) is 2.38.